The number of hydrogen-bond donors (Lipinski definition) is 1. The van der Waals surface area contributed by atoms with Gasteiger partial charge in [-0.1, -0.05) is 0 Å². The minimum atomic E-state index is 0.324. The molecule has 0 fully saturated rings. The summed E-state index contributed by atoms with van der Waals surface area (Å²) in [6, 6.07) is 2.36. The molecule has 1 atom stereocenters. The Morgan fingerprint density at radius 2 is 2.19 bits per heavy atom. The second kappa shape index (κ2) is 6.45. The first kappa shape index (κ1) is 12.9. The second-order valence-electron chi connectivity index (χ2n) is 4.09. The monoisotopic (exact) mass is 223 g/mol. The summed E-state index contributed by atoms with van der Waals surface area (Å²) in [5.41, 5.74) is 1.17. The fourth-order valence-electron chi connectivity index (χ4n) is 1.60. The predicted molar refractivity (Wildman–Crippen MR) is 65.8 cm³/mol. The van der Waals surface area contributed by atoms with Crippen LogP contribution in [0.4, 0.5) is 0 Å². The number of methoxy groups -OCH3 is 1. The van der Waals surface area contributed by atoms with Crippen molar-refractivity contribution in [2.45, 2.75) is 12.5 Å². The van der Waals surface area contributed by atoms with Crippen molar-refractivity contribution in [2.24, 2.45) is 0 Å². The van der Waals surface area contributed by atoms with Crippen molar-refractivity contribution in [3.8, 4) is 5.75 Å². The molecule has 1 unspecified atom stereocenters. The first-order valence-electron chi connectivity index (χ1n) is 5.48. The van der Waals surface area contributed by atoms with Crippen molar-refractivity contribution >= 4 is 0 Å². The molecule has 4 heteroatoms. The molecule has 0 spiro atoms. The highest BCUT2D eigenvalue weighted by Gasteiger charge is 2.10. The molecule has 0 aliphatic heterocycles. The molecule has 1 aromatic rings. The summed E-state index contributed by atoms with van der Waals surface area (Å²) in [7, 11) is 7.79. The summed E-state index contributed by atoms with van der Waals surface area (Å²) < 4.78 is 5.17. The molecule has 0 saturated carbocycles. The van der Waals surface area contributed by atoms with Crippen molar-refractivity contribution < 1.29 is 4.74 Å². The van der Waals surface area contributed by atoms with Crippen molar-refractivity contribution in [3.05, 3.63) is 24.0 Å². The highest BCUT2D eigenvalue weighted by Crippen LogP contribution is 2.19. The summed E-state index contributed by atoms with van der Waals surface area (Å²) in [5, 5.41) is 3.30. The Bertz CT molecular complexity index is 315. The fourth-order valence-corrected chi connectivity index (χ4v) is 1.60. The number of pyridine rings is 1. The summed E-state index contributed by atoms with van der Waals surface area (Å²) in [4.78, 5) is 6.35. The van der Waals surface area contributed by atoms with E-state index in [0.717, 1.165) is 18.7 Å². The molecule has 0 aliphatic carbocycles. The van der Waals surface area contributed by atoms with Gasteiger partial charge in [0.2, 0.25) is 0 Å². The average Bonchev–Trinajstić information content (AvgIpc) is 2.30. The Morgan fingerprint density at radius 1 is 1.44 bits per heavy atom. The maximum atomic E-state index is 5.17. The fraction of sp³-hybridized carbons (Fsp3) is 0.583. The van der Waals surface area contributed by atoms with Crippen LogP contribution >= 0.6 is 0 Å². The van der Waals surface area contributed by atoms with Crippen molar-refractivity contribution in [3.63, 3.8) is 0 Å². The summed E-state index contributed by atoms with van der Waals surface area (Å²) in [6.45, 7) is 1.04. The summed E-state index contributed by atoms with van der Waals surface area (Å²) in [5.74, 6) is 0.808. The van der Waals surface area contributed by atoms with Crippen LogP contribution < -0.4 is 10.1 Å². The Labute approximate surface area is 97.6 Å². The quantitative estimate of drug-likeness (QED) is 0.789. The predicted octanol–water partition coefficient (Wildman–Crippen LogP) is 1.30. The van der Waals surface area contributed by atoms with E-state index in [9.17, 15) is 0 Å². The molecular weight excluding hydrogens is 202 g/mol. The number of nitrogens with zero attached hydrogens (tertiary/aromatic N) is 2. The first-order chi connectivity index (χ1) is 7.67. The van der Waals surface area contributed by atoms with E-state index in [2.05, 4.69) is 29.3 Å². The SMILES string of the molecule is CNC(CCN(C)C)c1cncc(OC)c1. The van der Waals surface area contributed by atoms with Gasteiger partial charge in [0, 0.05) is 12.2 Å². The van der Waals surface area contributed by atoms with Crippen molar-refractivity contribution in [1.82, 2.24) is 15.2 Å². The van der Waals surface area contributed by atoms with Gasteiger partial charge in [0.15, 0.2) is 0 Å². The van der Waals surface area contributed by atoms with Crippen LogP contribution in [0.3, 0.4) is 0 Å². The van der Waals surface area contributed by atoms with E-state index >= 15 is 0 Å². The molecule has 0 saturated heterocycles. The zero-order valence-electron chi connectivity index (χ0n) is 10.5. The molecule has 1 N–H and O–H groups in total. The Morgan fingerprint density at radius 3 is 2.75 bits per heavy atom. The van der Waals surface area contributed by atoms with Gasteiger partial charge < -0.3 is 15.0 Å². The average molecular weight is 223 g/mol. The van der Waals surface area contributed by atoms with E-state index in [0.29, 0.717) is 6.04 Å². The maximum Gasteiger partial charge on any atom is 0.137 e. The van der Waals surface area contributed by atoms with E-state index < -0.39 is 0 Å². The van der Waals surface area contributed by atoms with E-state index in [1.54, 1.807) is 13.3 Å². The van der Waals surface area contributed by atoms with Gasteiger partial charge in [0.05, 0.1) is 13.3 Å². The van der Waals surface area contributed by atoms with Crippen LogP contribution in [0.1, 0.15) is 18.0 Å². The topological polar surface area (TPSA) is 37.4 Å². The smallest absolute Gasteiger partial charge is 0.137 e. The number of nitrogens with one attached hydrogen (secondary N) is 1. The molecular formula is C12H21N3O. The van der Waals surface area contributed by atoms with E-state index in [1.165, 1.54) is 5.56 Å². The van der Waals surface area contributed by atoms with Crippen LogP contribution in [0, 0.1) is 0 Å². The van der Waals surface area contributed by atoms with Crippen molar-refractivity contribution in [2.75, 3.05) is 34.8 Å². The first-order valence-corrected chi connectivity index (χ1v) is 5.48. The third-order valence-electron chi connectivity index (χ3n) is 2.59. The number of rotatable bonds is 6. The van der Waals surface area contributed by atoms with Crippen molar-refractivity contribution in [1.29, 1.82) is 0 Å². The third kappa shape index (κ3) is 3.79. The van der Waals surface area contributed by atoms with Crippen LogP contribution in [0.15, 0.2) is 18.5 Å². The standard InChI is InChI=1S/C12H21N3O/c1-13-12(5-6-15(2)3)10-7-11(16-4)9-14-8-10/h7-9,12-13H,5-6H2,1-4H3. The lowest BCUT2D eigenvalue weighted by Crippen LogP contribution is -2.23. The molecule has 90 valence electrons. The van der Waals surface area contributed by atoms with Gasteiger partial charge in [-0.2, -0.15) is 0 Å². The zero-order valence-corrected chi connectivity index (χ0v) is 10.5. The molecule has 0 bridgehead atoms. The van der Waals surface area contributed by atoms with Gasteiger partial charge in [-0.25, -0.2) is 0 Å². The van der Waals surface area contributed by atoms with Crippen LogP contribution in [0.5, 0.6) is 5.75 Å². The third-order valence-corrected chi connectivity index (χ3v) is 2.59. The molecule has 0 aliphatic rings. The van der Waals surface area contributed by atoms with E-state index in [4.69, 9.17) is 4.74 Å². The minimum Gasteiger partial charge on any atom is -0.495 e. The van der Waals surface area contributed by atoms with Gasteiger partial charge in [-0.05, 0) is 45.7 Å². The van der Waals surface area contributed by atoms with Gasteiger partial charge in [0.1, 0.15) is 5.75 Å². The summed E-state index contributed by atoms with van der Waals surface area (Å²) in [6.07, 6.45) is 4.67. The second-order valence-corrected chi connectivity index (χ2v) is 4.09. The van der Waals surface area contributed by atoms with E-state index in [1.807, 2.05) is 19.3 Å². The molecule has 0 aromatic carbocycles. The van der Waals surface area contributed by atoms with Gasteiger partial charge >= 0.3 is 0 Å². The lowest BCUT2D eigenvalue weighted by molar-refractivity contribution is 0.367. The molecule has 1 rings (SSSR count). The molecule has 0 amide bonds. The lowest BCUT2D eigenvalue weighted by Gasteiger charge is -2.19. The molecule has 4 nitrogen and oxygen atoms in total. The number of ether oxygens (including phenoxy) is 1. The maximum absolute atomic E-state index is 5.17. The van der Waals surface area contributed by atoms with Crippen LogP contribution in [0.25, 0.3) is 0 Å². The Kier molecular flexibility index (Phi) is 5.22. The van der Waals surface area contributed by atoms with Crippen LogP contribution in [0.2, 0.25) is 0 Å². The van der Waals surface area contributed by atoms with Crippen LogP contribution in [-0.2, 0) is 0 Å². The van der Waals surface area contributed by atoms with E-state index in [-0.39, 0.29) is 0 Å². The van der Waals surface area contributed by atoms with Crippen LogP contribution in [-0.4, -0.2) is 44.7 Å². The zero-order chi connectivity index (χ0) is 12.0. The molecule has 16 heavy (non-hydrogen) atoms. The Hall–Kier alpha value is -1.13. The molecule has 0 radical (unpaired) electrons. The highest BCUT2D eigenvalue weighted by atomic mass is 16.5. The lowest BCUT2D eigenvalue weighted by atomic mass is 10.1. The number of hydrogen-bond acceptors (Lipinski definition) is 4. The minimum absolute atomic E-state index is 0.324. The normalized spacial score (nSPS) is 12.8. The molecule has 1 aromatic heterocycles. The highest BCUT2D eigenvalue weighted by molar-refractivity contribution is 5.25. The molecule has 1 heterocycles. The Balaban J connectivity index is 2.70. The van der Waals surface area contributed by atoms with Gasteiger partial charge in [-0.3, -0.25) is 4.98 Å². The number of aromatic nitrogens is 1. The van der Waals surface area contributed by atoms with Gasteiger partial charge in [-0.15, -0.1) is 0 Å². The largest absolute Gasteiger partial charge is 0.495 e. The van der Waals surface area contributed by atoms with Gasteiger partial charge in [0.25, 0.3) is 0 Å². The summed E-state index contributed by atoms with van der Waals surface area (Å²) >= 11 is 0.